The number of carbonyl (C=O) groups is 1. The Balaban J connectivity index is 2.97. The van der Waals surface area contributed by atoms with E-state index in [1.54, 1.807) is 32.9 Å². The van der Waals surface area contributed by atoms with Gasteiger partial charge in [-0.1, -0.05) is 0 Å². The van der Waals surface area contributed by atoms with Gasteiger partial charge in [0, 0.05) is 5.75 Å². The molecule has 19 heavy (non-hydrogen) atoms. The van der Waals surface area contributed by atoms with Crippen molar-refractivity contribution in [3.63, 3.8) is 0 Å². The lowest BCUT2D eigenvalue weighted by molar-refractivity contribution is 0.0635. The van der Waals surface area contributed by atoms with E-state index < -0.39 is 11.7 Å². The van der Waals surface area contributed by atoms with Crippen LogP contribution in [-0.4, -0.2) is 23.9 Å². The summed E-state index contributed by atoms with van der Waals surface area (Å²) in [6.45, 7) is 5.28. The SMILES string of the molecule is COc1cc(CS)cc(NC(=O)OC(C)(C)C)c1O. The number of methoxy groups -OCH3 is 1. The van der Waals surface area contributed by atoms with Crippen molar-refractivity contribution in [2.24, 2.45) is 0 Å². The standard InChI is InChI=1S/C13H19NO4S/c1-13(2,3)18-12(16)14-9-5-8(7-19)6-10(17-4)11(9)15/h5-6,15,19H,7H2,1-4H3,(H,14,16). The van der Waals surface area contributed by atoms with Crippen molar-refractivity contribution in [3.05, 3.63) is 17.7 Å². The maximum atomic E-state index is 11.7. The van der Waals surface area contributed by atoms with Crippen LogP contribution in [-0.2, 0) is 10.5 Å². The lowest BCUT2D eigenvalue weighted by Gasteiger charge is -2.20. The highest BCUT2D eigenvalue weighted by atomic mass is 32.1. The summed E-state index contributed by atoms with van der Waals surface area (Å²) in [6.07, 6.45) is -0.638. The van der Waals surface area contributed by atoms with Gasteiger partial charge in [0.15, 0.2) is 11.5 Å². The second-order valence-corrected chi connectivity index (χ2v) is 5.30. The van der Waals surface area contributed by atoms with Crippen LogP contribution >= 0.6 is 12.6 Å². The molecule has 0 fully saturated rings. The molecule has 5 nitrogen and oxygen atoms in total. The molecule has 1 aromatic rings. The highest BCUT2D eigenvalue weighted by Gasteiger charge is 2.18. The minimum absolute atomic E-state index is 0.140. The molecular weight excluding hydrogens is 266 g/mol. The van der Waals surface area contributed by atoms with Gasteiger partial charge in [-0.15, -0.1) is 0 Å². The van der Waals surface area contributed by atoms with E-state index in [1.165, 1.54) is 7.11 Å². The van der Waals surface area contributed by atoms with Crippen LogP contribution in [0.1, 0.15) is 26.3 Å². The third kappa shape index (κ3) is 4.55. The van der Waals surface area contributed by atoms with Crippen molar-refractivity contribution < 1.29 is 19.4 Å². The number of nitrogens with one attached hydrogen (secondary N) is 1. The second kappa shape index (κ2) is 6.06. The summed E-state index contributed by atoms with van der Waals surface area (Å²) in [6, 6.07) is 3.28. The number of hydrogen-bond acceptors (Lipinski definition) is 5. The average Bonchev–Trinajstić information content (AvgIpc) is 2.29. The van der Waals surface area contributed by atoms with E-state index >= 15 is 0 Å². The highest BCUT2D eigenvalue weighted by molar-refractivity contribution is 7.79. The van der Waals surface area contributed by atoms with Gasteiger partial charge in [0.05, 0.1) is 12.8 Å². The van der Waals surface area contributed by atoms with Crippen LogP contribution in [0.5, 0.6) is 11.5 Å². The summed E-state index contributed by atoms with van der Waals surface area (Å²) >= 11 is 4.16. The van der Waals surface area contributed by atoms with Gasteiger partial charge in [0.1, 0.15) is 5.60 Å². The summed E-state index contributed by atoms with van der Waals surface area (Å²) in [7, 11) is 1.44. The maximum Gasteiger partial charge on any atom is 0.412 e. The fraction of sp³-hybridized carbons (Fsp3) is 0.462. The smallest absolute Gasteiger partial charge is 0.412 e. The number of rotatable bonds is 3. The van der Waals surface area contributed by atoms with Crippen molar-refractivity contribution >= 4 is 24.4 Å². The number of ether oxygens (including phenoxy) is 2. The van der Waals surface area contributed by atoms with Crippen molar-refractivity contribution in [1.29, 1.82) is 0 Å². The number of phenolic OH excluding ortho intramolecular Hbond substituents is 1. The van der Waals surface area contributed by atoms with Gasteiger partial charge >= 0.3 is 6.09 Å². The van der Waals surface area contributed by atoms with Gasteiger partial charge in [-0.3, -0.25) is 5.32 Å². The predicted octanol–water partition coefficient (Wildman–Crippen LogP) is 3.18. The Morgan fingerprint density at radius 3 is 2.53 bits per heavy atom. The number of phenols is 1. The first-order valence-electron chi connectivity index (χ1n) is 5.77. The summed E-state index contributed by atoms with van der Waals surface area (Å²) in [5.74, 6) is 0.594. The number of aromatic hydroxyl groups is 1. The van der Waals surface area contributed by atoms with Crippen LogP contribution in [0.3, 0.4) is 0 Å². The normalized spacial score (nSPS) is 11.0. The highest BCUT2D eigenvalue weighted by Crippen LogP contribution is 2.36. The minimum Gasteiger partial charge on any atom is -0.503 e. The molecule has 0 aliphatic heterocycles. The molecule has 2 N–H and O–H groups in total. The molecule has 0 unspecified atom stereocenters. The Morgan fingerprint density at radius 1 is 1.42 bits per heavy atom. The first-order valence-corrected chi connectivity index (χ1v) is 6.41. The Bertz CT molecular complexity index is 468. The largest absolute Gasteiger partial charge is 0.503 e. The maximum absolute atomic E-state index is 11.7. The first-order chi connectivity index (χ1) is 8.76. The number of hydrogen-bond donors (Lipinski definition) is 3. The fourth-order valence-corrected chi connectivity index (χ4v) is 1.60. The third-order valence-electron chi connectivity index (χ3n) is 2.17. The number of benzene rings is 1. The van der Waals surface area contributed by atoms with Gasteiger partial charge in [-0.25, -0.2) is 4.79 Å². The molecule has 0 radical (unpaired) electrons. The van der Waals surface area contributed by atoms with E-state index in [2.05, 4.69) is 17.9 Å². The molecule has 0 atom stereocenters. The minimum atomic E-state index is -0.638. The molecule has 0 saturated carbocycles. The molecule has 0 spiro atoms. The topological polar surface area (TPSA) is 67.8 Å². The van der Waals surface area contributed by atoms with Crippen molar-refractivity contribution in [1.82, 2.24) is 0 Å². The zero-order chi connectivity index (χ0) is 14.6. The van der Waals surface area contributed by atoms with E-state index in [0.717, 1.165) is 5.56 Å². The molecule has 1 amide bonds. The Morgan fingerprint density at radius 2 is 2.05 bits per heavy atom. The first kappa shape index (κ1) is 15.5. The average molecular weight is 285 g/mol. The van der Waals surface area contributed by atoms with E-state index in [-0.39, 0.29) is 17.2 Å². The van der Waals surface area contributed by atoms with Crippen LogP contribution in [0.4, 0.5) is 10.5 Å². The van der Waals surface area contributed by atoms with E-state index in [4.69, 9.17) is 9.47 Å². The lowest BCUT2D eigenvalue weighted by Crippen LogP contribution is -2.27. The van der Waals surface area contributed by atoms with Crippen LogP contribution in [0.15, 0.2) is 12.1 Å². The zero-order valence-electron chi connectivity index (χ0n) is 11.5. The molecule has 1 rings (SSSR count). The van der Waals surface area contributed by atoms with Gasteiger partial charge in [-0.2, -0.15) is 12.6 Å². The third-order valence-corrected chi connectivity index (χ3v) is 2.54. The van der Waals surface area contributed by atoms with Gasteiger partial charge < -0.3 is 14.6 Å². The van der Waals surface area contributed by atoms with Gasteiger partial charge in [-0.05, 0) is 38.5 Å². The molecular formula is C13H19NO4S. The number of amides is 1. The van der Waals surface area contributed by atoms with E-state index in [0.29, 0.717) is 5.75 Å². The zero-order valence-corrected chi connectivity index (χ0v) is 12.4. The van der Waals surface area contributed by atoms with Crippen LogP contribution in [0.25, 0.3) is 0 Å². The van der Waals surface area contributed by atoms with E-state index in [1.807, 2.05) is 0 Å². The number of anilines is 1. The summed E-state index contributed by atoms with van der Waals surface area (Å²) < 4.78 is 10.2. The van der Waals surface area contributed by atoms with Crippen LogP contribution in [0.2, 0.25) is 0 Å². The molecule has 0 aliphatic carbocycles. The predicted molar refractivity (Wildman–Crippen MR) is 77.2 cm³/mol. The second-order valence-electron chi connectivity index (χ2n) is 4.98. The molecule has 1 aromatic carbocycles. The van der Waals surface area contributed by atoms with Crippen molar-refractivity contribution in [3.8, 4) is 11.5 Å². The molecule has 0 aromatic heterocycles. The van der Waals surface area contributed by atoms with Crippen molar-refractivity contribution in [2.45, 2.75) is 32.1 Å². The molecule has 106 valence electrons. The Hall–Kier alpha value is -1.56. The van der Waals surface area contributed by atoms with Gasteiger partial charge in [0.25, 0.3) is 0 Å². The molecule has 0 heterocycles. The van der Waals surface area contributed by atoms with Crippen LogP contribution < -0.4 is 10.1 Å². The molecule has 6 heteroatoms. The summed E-state index contributed by atoms with van der Waals surface area (Å²) in [5, 5.41) is 12.4. The van der Waals surface area contributed by atoms with Gasteiger partial charge in [0.2, 0.25) is 0 Å². The number of thiol groups is 1. The monoisotopic (exact) mass is 285 g/mol. The Labute approximate surface area is 118 Å². The lowest BCUT2D eigenvalue weighted by atomic mass is 10.2. The molecule has 0 bridgehead atoms. The van der Waals surface area contributed by atoms with Crippen LogP contribution in [0, 0.1) is 0 Å². The summed E-state index contributed by atoms with van der Waals surface area (Å²) in [5.41, 5.74) is 0.437. The Kier molecular flexibility index (Phi) is 4.94. The van der Waals surface area contributed by atoms with Crippen molar-refractivity contribution in [2.75, 3.05) is 12.4 Å². The number of carbonyl (C=O) groups excluding carboxylic acids is 1. The quantitative estimate of drug-likeness (QED) is 0.589. The summed E-state index contributed by atoms with van der Waals surface area (Å²) in [4.78, 5) is 11.7. The fourth-order valence-electron chi connectivity index (χ4n) is 1.42. The van der Waals surface area contributed by atoms with E-state index in [9.17, 15) is 9.90 Å². The molecule has 0 saturated heterocycles. The molecule has 0 aliphatic rings.